The van der Waals surface area contributed by atoms with E-state index < -0.39 is 11.0 Å². The number of para-hydroxylation sites is 2. The molecule has 0 amide bonds. The third-order valence-electron chi connectivity index (χ3n) is 2.77. The highest BCUT2D eigenvalue weighted by Gasteiger charge is 2.19. The first kappa shape index (κ1) is 13.0. The minimum absolute atomic E-state index is 0.0649. The third kappa shape index (κ3) is 3.29. The fourth-order valence-corrected chi connectivity index (χ4v) is 1.82. The number of aliphatic hydroxyl groups is 1. The Hall–Kier alpha value is -2.40. The molecule has 0 spiro atoms. The molecule has 0 fully saturated rings. The normalized spacial score (nSPS) is 11.8. The number of nitrogens with zero attached hydrogens (tertiary/aromatic N) is 1. The first-order valence-corrected chi connectivity index (χ1v) is 5.89. The standard InChI is InChI=1S/C14H14N2O3/c17-14(10-15-11-6-2-1-3-7-11)12-8-4-5-9-13(12)16(18)19/h1-9,14-15,17H,10H2. The molecule has 0 heterocycles. The molecule has 0 radical (unpaired) electrons. The fraction of sp³-hybridized carbons (Fsp3) is 0.143. The molecule has 2 N–H and O–H groups in total. The van der Waals surface area contributed by atoms with Crippen LogP contribution in [0.4, 0.5) is 11.4 Å². The SMILES string of the molecule is O=[N+]([O-])c1ccccc1C(O)CNc1ccccc1. The highest BCUT2D eigenvalue weighted by Crippen LogP contribution is 2.24. The summed E-state index contributed by atoms with van der Waals surface area (Å²) < 4.78 is 0. The van der Waals surface area contributed by atoms with Gasteiger partial charge >= 0.3 is 0 Å². The molecule has 1 unspecified atom stereocenters. The van der Waals surface area contributed by atoms with Gasteiger partial charge in [0.15, 0.2) is 0 Å². The smallest absolute Gasteiger partial charge is 0.275 e. The zero-order valence-electron chi connectivity index (χ0n) is 10.2. The van der Waals surface area contributed by atoms with E-state index >= 15 is 0 Å². The molecule has 1 atom stereocenters. The Morgan fingerprint density at radius 3 is 2.42 bits per heavy atom. The lowest BCUT2D eigenvalue weighted by atomic mass is 10.1. The van der Waals surface area contributed by atoms with Gasteiger partial charge in [0.2, 0.25) is 0 Å². The minimum Gasteiger partial charge on any atom is -0.386 e. The lowest BCUT2D eigenvalue weighted by Gasteiger charge is -2.13. The van der Waals surface area contributed by atoms with Crippen molar-refractivity contribution in [3.05, 3.63) is 70.3 Å². The molecule has 2 aromatic carbocycles. The summed E-state index contributed by atoms with van der Waals surface area (Å²) in [4.78, 5) is 10.4. The molecule has 5 nitrogen and oxygen atoms in total. The van der Waals surface area contributed by atoms with E-state index in [4.69, 9.17) is 0 Å². The van der Waals surface area contributed by atoms with Gasteiger partial charge in [-0.25, -0.2) is 0 Å². The maximum absolute atomic E-state index is 10.9. The highest BCUT2D eigenvalue weighted by atomic mass is 16.6. The van der Waals surface area contributed by atoms with Crippen molar-refractivity contribution in [1.82, 2.24) is 0 Å². The van der Waals surface area contributed by atoms with Crippen LogP contribution in [0, 0.1) is 10.1 Å². The second-order valence-corrected chi connectivity index (χ2v) is 4.08. The van der Waals surface area contributed by atoms with Crippen LogP contribution in [0.3, 0.4) is 0 Å². The van der Waals surface area contributed by atoms with Crippen LogP contribution in [0.2, 0.25) is 0 Å². The van der Waals surface area contributed by atoms with Crippen molar-refractivity contribution in [2.24, 2.45) is 0 Å². The van der Waals surface area contributed by atoms with Crippen LogP contribution in [0.1, 0.15) is 11.7 Å². The molecule has 98 valence electrons. The second kappa shape index (κ2) is 5.97. The summed E-state index contributed by atoms with van der Waals surface area (Å²) in [5, 5.41) is 24.0. The van der Waals surface area contributed by atoms with Crippen molar-refractivity contribution < 1.29 is 10.0 Å². The summed E-state index contributed by atoms with van der Waals surface area (Å²) in [6.45, 7) is 0.217. The largest absolute Gasteiger partial charge is 0.386 e. The number of nitro groups is 1. The molecular formula is C14H14N2O3. The number of benzene rings is 2. The van der Waals surface area contributed by atoms with Gasteiger partial charge in [0.25, 0.3) is 5.69 Å². The number of nitrogens with one attached hydrogen (secondary N) is 1. The number of hydrogen-bond donors (Lipinski definition) is 2. The first-order valence-electron chi connectivity index (χ1n) is 5.89. The van der Waals surface area contributed by atoms with Gasteiger partial charge in [-0.3, -0.25) is 10.1 Å². The fourth-order valence-electron chi connectivity index (χ4n) is 1.82. The summed E-state index contributed by atoms with van der Waals surface area (Å²) in [5.74, 6) is 0. The van der Waals surface area contributed by atoms with Gasteiger partial charge in [-0.05, 0) is 18.2 Å². The van der Waals surface area contributed by atoms with Gasteiger partial charge in [0.1, 0.15) is 6.10 Å². The van der Waals surface area contributed by atoms with Gasteiger partial charge in [0.05, 0.1) is 10.5 Å². The summed E-state index contributed by atoms with van der Waals surface area (Å²) in [5.41, 5.74) is 1.11. The molecule has 0 saturated heterocycles. The number of rotatable bonds is 5. The molecule has 0 aliphatic heterocycles. The Morgan fingerprint density at radius 2 is 1.74 bits per heavy atom. The van der Waals surface area contributed by atoms with E-state index in [0.717, 1.165) is 5.69 Å². The maximum atomic E-state index is 10.9. The van der Waals surface area contributed by atoms with Crippen LogP contribution in [-0.4, -0.2) is 16.6 Å². The van der Waals surface area contributed by atoms with Crippen LogP contribution in [0.25, 0.3) is 0 Å². The second-order valence-electron chi connectivity index (χ2n) is 4.08. The van der Waals surface area contributed by atoms with Crippen LogP contribution >= 0.6 is 0 Å². The topological polar surface area (TPSA) is 75.4 Å². The molecular weight excluding hydrogens is 244 g/mol. The van der Waals surface area contributed by atoms with Crippen LogP contribution in [0.5, 0.6) is 0 Å². The van der Waals surface area contributed by atoms with E-state index in [1.54, 1.807) is 18.2 Å². The predicted molar refractivity (Wildman–Crippen MR) is 73.0 cm³/mol. The molecule has 19 heavy (non-hydrogen) atoms. The van der Waals surface area contributed by atoms with E-state index in [-0.39, 0.29) is 12.2 Å². The Morgan fingerprint density at radius 1 is 1.11 bits per heavy atom. The third-order valence-corrected chi connectivity index (χ3v) is 2.77. The van der Waals surface area contributed by atoms with Gasteiger partial charge in [-0.2, -0.15) is 0 Å². The number of hydrogen-bond acceptors (Lipinski definition) is 4. The first-order chi connectivity index (χ1) is 9.18. The monoisotopic (exact) mass is 258 g/mol. The Labute approximate surface area is 110 Å². The van der Waals surface area contributed by atoms with E-state index in [1.165, 1.54) is 6.07 Å². The Kier molecular flexibility index (Phi) is 4.10. The lowest BCUT2D eigenvalue weighted by molar-refractivity contribution is -0.386. The quantitative estimate of drug-likeness (QED) is 0.638. The molecule has 5 heteroatoms. The van der Waals surface area contributed by atoms with Gasteiger partial charge in [-0.15, -0.1) is 0 Å². The Balaban J connectivity index is 2.08. The zero-order valence-corrected chi connectivity index (χ0v) is 10.2. The molecule has 0 aromatic heterocycles. The summed E-state index contributed by atoms with van der Waals surface area (Å²) >= 11 is 0. The van der Waals surface area contributed by atoms with Crippen molar-refractivity contribution in [2.75, 3.05) is 11.9 Å². The average Bonchev–Trinajstić information content (AvgIpc) is 2.46. The van der Waals surface area contributed by atoms with Gasteiger partial charge in [0, 0.05) is 18.3 Å². The summed E-state index contributed by atoms with van der Waals surface area (Å²) in [6, 6.07) is 15.6. The number of aliphatic hydroxyl groups excluding tert-OH is 1. The zero-order chi connectivity index (χ0) is 13.7. The van der Waals surface area contributed by atoms with E-state index in [9.17, 15) is 15.2 Å². The summed E-state index contributed by atoms with van der Waals surface area (Å²) in [7, 11) is 0. The maximum Gasteiger partial charge on any atom is 0.275 e. The highest BCUT2D eigenvalue weighted by molar-refractivity contribution is 5.45. The van der Waals surface area contributed by atoms with E-state index in [1.807, 2.05) is 30.3 Å². The number of anilines is 1. The van der Waals surface area contributed by atoms with Crippen molar-refractivity contribution >= 4 is 11.4 Å². The minimum atomic E-state index is -0.929. The number of nitro benzene ring substituents is 1. The molecule has 0 saturated carbocycles. The Bertz CT molecular complexity index is 558. The molecule has 0 bridgehead atoms. The van der Waals surface area contributed by atoms with Crippen LogP contribution < -0.4 is 5.32 Å². The average molecular weight is 258 g/mol. The lowest BCUT2D eigenvalue weighted by Crippen LogP contribution is -2.13. The van der Waals surface area contributed by atoms with Crippen LogP contribution in [0.15, 0.2) is 54.6 Å². The van der Waals surface area contributed by atoms with E-state index in [2.05, 4.69) is 5.32 Å². The molecule has 2 rings (SSSR count). The van der Waals surface area contributed by atoms with Gasteiger partial charge < -0.3 is 10.4 Å². The van der Waals surface area contributed by atoms with Crippen molar-refractivity contribution in [1.29, 1.82) is 0 Å². The van der Waals surface area contributed by atoms with Crippen LogP contribution in [-0.2, 0) is 0 Å². The van der Waals surface area contributed by atoms with Crippen molar-refractivity contribution in [3.63, 3.8) is 0 Å². The molecule has 2 aromatic rings. The van der Waals surface area contributed by atoms with Crippen molar-refractivity contribution in [3.8, 4) is 0 Å². The van der Waals surface area contributed by atoms with Crippen molar-refractivity contribution in [2.45, 2.75) is 6.10 Å². The predicted octanol–water partition coefficient (Wildman–Crippen LogP) is 2.74. The van der Waals surface area contributed by atoms with E-state index in [0.29, 0.717) is 5.56 Å². The molecule has 0 aliphatic carbocycles. The molecule has 0 aliphatic rings. The van der Waals surface area contributed by atoms with Gasteiger partial charge in [-0.1, -0.05) is 30.3 Å². The summed E-state index contributed by atoms with van der Waals surface area (Å²) in [6.07, 6.45) is -0.929.